The molecule has 8 nitrogen and oxygen atoms in total. The predicted octanol–water partition coefficient (Wildman–Crippen LogP) is 2.69. The van der Waals surface area contributed by atoms with E-state index in [9.17, 15) is 9.59 Å². The lowest BCUT2D eigenvalue weighted by molar-refractivity contribution is -0.134. The van der Waals surface area contributed by atoms with E-state index in [0.29, 0.717) is 26.2 Å². The summed E-state index contributed by atoms with van der Waals surface area (Å²) in [6.07, 6.45) is -0.582. The van der Waals surface area contributed by atoms with Gasteiger partial charge in [0.1, 0.15) is 24.3 Å². The minimum absolute atomic E-state index is 0.0537. The first-order chi connectivity index (χ1) is 14.8. The summed E-state index contributed by atoms with van der Waals surface area (Å²) in [6.45, 7) is 10.4. The molecule has 1 aliphatic rings. The molecule has 0 bridgehead atoms. The molecule has 2 heterocycles. The lowest BCUT2D eigenvalue weighted by atomic mass is 10.0. The molecule has 0 aliphatic carbocycles. The molecule has 2 amide bonds. The Balaban J connectivity index is 1.54. The average molecular weight is 426 g/mol. The number of aromatic nitrogens is 2. The fourth-order valence-electron chi connectivity index (χ4n) is 3.62. The highest BCUT2D eigenvalue weighted by Gasteiger charge is 2.31. The number of aryl methyl sites for hydroxylation is 2. The number of carbonyl (C=O) groups excluding carboxylic acids is 2. The van der Waals surface area contributed by atoms with Gasteiger partial charge < -0.3 is 19.9 Å². The van der Waals surface area contributed by atoms with E-state index in [4.69, 9.17) is 4.74 Å². The van der Waals surface area contributed by atoms with Gasteiger partial charge in [0.2, 0.25) is 5.91 Å². The van der Waals surface area contributed by atoms with Crippen molar-refractivity contribution in [1.82, 2.24) is 20.2 Å². The Kier molecular flexibility index (Phi) is 7.44. The van der Waals surface area contributed by atoms with E-state index in [1.54, 1.807) is 4.90 Å². The van der Waals surface area contributed by atoms with Crippen molar-refractivity contribution in [2.75, 3.05) is 31.1 Å². The average Bonchev–Trinajstić information content (AvgIpc) is 2.75. The Morgan fingerprint density at radius 1 is 1.06 bits per heavy atom. The van der Waals surface area contributed by atoms with Gasteiger partial charge in [-0.25, -0.2) is 14.8 Å². The van der Waals surface area contributed by atoms with Crippen molar-refractivity contribution in [3.8, 4) is 0 Å². The molecule has 1 aromatic carbocycles. The highest BCUT2D eigenvalue weighted by Crippen LogP contribution is 2.16. The molecule has 166 valence electrons. The molecular formula is C23H31N5O3. The van der Waals surface area contributed by atoms with Crippen LogP contribution in [-0.2, 0) is 16.1 Å². The third-order valence-electron chi connectivity index (χ3n) is 5.29. The van der Waals surface area contributed by atoms with Crippen molar-refractivity contribution >= 4 is 17.8 Å². The molecule has 1 aliphatic heterocycles. The summed E-state index contributed by atoms with van der Waals surface area (Å²) >= 11 is 0. The van der Waals surface area contributed by atoms with Crippen LogP contribution in [-0.4, -0.2) is 59.1 Å². The molecule has 0 unspecified atom stereocenters. The van der Waals surface area contributed by atoms with E-state index < -0.39 is 12.1 Å². The predicted molar refractivity (Wildman–Crippen MR) is 119 cm³/mol. The molecule has 1 fully saturated rings. The highest BCUT2D eigenvalue weighted by atomic mass is 16.5. The number of nitrogens with zero attached hydrogens (tertiary/aromatic N) is 4. The number of nitrogens with one attached hydrogen (secondary N) is 1. The van der Waals surface area contributed by atoms with Gasteiger partial charge in [-0.1, -0.05) is 44.2 Å². The Labute approximate surface area is 183 Å². The van der Waals surface area contributed by atoms with Gasteiger partial charge in [0.15, 0.2) is 0 Å². The first-order valence-corrected chi connectivity index (χ1v) is 10.7. The summed E-state index contributed by atoms with van der Waals surface area (Å²) in [5.74, 6) is 1.50. The number of carbonyl (C=O) groups is 2. The Bertz CT molecular complexity index is 875. The van der Waals surface area contributed by atoms with Crippen LogP contribution >= 0.6 is 0 Å². The molecule has 31 heavy (non-hydrogen) atoms. The topological polar surface area (TPSA) is 87.7 Å². The smallest absolute Gasteiger partial charge is 0.408 e. The summed E-state index contributed by atoms with van der Waals surface area (Å²) < 4.78 is 5.30. The van der Waals surface area contributed by atoms with Gasteiger partial charge in [-0.15, -0.1) is 0 Å². The number of rotatable bonds is 6. The van der Waals surface area contributed by atoms with Crippen molar-refractivity contribution in [3.63, 3.8) is 0 Å². The number of amides is 2. The summed E-state index contributed by atoms with van der Waals surface area (Å²) in [5, 5.41) is 2.76. The van der Waals surface area contributed by atoms with Crippen LogP contribution in [0.1, 0.15) is 30.9 Å². The maximum Gasteiger partial charge on any atom is 0.408 e. The number of piperazine rings is 1. The third-order valence-corrected chi connectivity index (χ3v) is 5.29. The van der Waals surface area contributed by atoms with Crippen LogP contribution in [0.5, 0.6) is 0 Å². The summed E-state index contributed by atoms with van der Waals surface area (Å²) in [6, 6.07) is 10.8. The van der Waals surface area contributed by atoms with Crippen molar-refractivity contribution in [2.24, 2.45) is 5.92 Å². The van der Waals surface area contributed by atoms with Crippen LogP contribution in [0.25, 0.3) is 0 Å². The SMILES string of the molecule is Cc1cc(N2CCN(C(=O)[C@@H](NC(=O)OCc3ccccc3)C(C)C)CC2)nc(C)n1. The quantitative estimate of drug-likeness (QED) is 0.766. The maximum absolute atomic E-state index is 13.1. The van der Waals surface area contributed by atoms with Crippen LogP contribution in [0.2, 0.25) is 0 Å². The minimum atomic E-state index is -0.627. The third kappa shape index (κ3) is 6.16. The monoisotopic (exact) mass is 425 g/mol. The second-order valence-corrected chi connectivity index (χ2v) is 8.15. The van der Waals surface area contributed by atoms with E-state index in [1.807, 2.05) is 64.1 Å². The zero-order valence-corrected chi connectivity index (χ0v) is 18.7. The van der Waals surface area contributed by atoms with E-state index >= 15 is 0 Å². The van der Waals surface area contributed by atoms with Gasteiger partial charge in [-0.2, -0.15) is 0 Å². The van der Waals surface area contributed by atoms with Crippen LogP contribution < -0.4 is 10.2 Å². The van der Waals surface area contributed by atoms with Gasteiger partial charge >= 0.3 is 6.09 Å². The Morgan fingerprint density at radius 2 is 1.74 bits per heavy atom. The highest BCUT2D eigenvalue weighted by molar-refractivity contribution is 5.86. The van der Waals surface area contributed by atoms with Crippen molar-refractivity contribution in [2.45, 2.75) is 40.3 Å². The Hall–Kier alpha value is -3.16. The number of hydrogen-bond donors (Lipinski definition) is 1. The number of anilines is 1. The molecule has 3 rings (SSSR count). The first kappa shape index (κ1) is 22.5. The second-order valence-electron chi connectivity index (χ2n) is 8.15. The fraction of sp³-hybridized carbons (Fsp3) is 0.478. The van der Waals surface area contributed by atoms with E-state index in [2.05, 4.69) is 20.2 Å². The van der Waals surface area contributed by atoms with Crippen LogP contribution in [0.3, 0.4) is 0 Å². The van der Waals surface area contributed by atoms with E-state index in [0.717, 1.165) is 22.9 Å². The molecule has 0 radical (unpaired) electrons. The van der Waals surface area contributed by atoms with Crippen LogP contribution in [0.4, 0.5) is 10.6 Å². The minimum Gasteiger partial charge on any atom is -0.445 e. The summed E-state index contributed by atoms with van der Waals surface area (Å²) in [4.78, 5) is 38.2. The zero-order valence-electron chi connectivity index (χ0n) is 18.7. The van der Waals surface area contributed by atoms with Crippen LogP contribution in [0.15, 0.2) is 36.4 Å². The lowest BCUT2D eigenvalue weighted by Gasteiger charge is -2.37. The fourth-order valence-corrected chi connectivity index (χ4v) is 3.62. The molecule has 1 aromatic heterocycles. The molecular weight excluding hydrogens is 394 g/mol. The standard InChI is InChI=1S/C23H31N5O3/c1-16(2)21(26-23(30)31-15-19-8-6-5-7-9-19)22(29)28-12-10-27(11-13-28)20-14-17(3)24-18(4)25-20/h5-9,14,16,21H,10-13,15H2,1-4H3,(H,26,30)/t21-/m0/s1. The molecule has 8 heteroatoms. The number of hydrogen-bond acceptors (Lipinski definition) is 6. The van der Waals surface area contributed by atoms with E-state index in [-0.39, 0.29) is 18.4 Å². The normalized spacial score (nSPS) is 15.0. The van der Waals surface area contributed by atoms with Crippen molar-refractivity contribution in [1.29, 1.82) is 0 Å². The Morgan fingerprint density at radius 3 is 2.35 bits per heavy atom. The van der Waals surface area contributed by atoms with Crippen molar-refractivity contribution in [3.05, 3.63) is 53.5 Å². The van der Waals surface area contributed by atoms with Gasteiger partial charge in [-0.3, -0.25) is 4.79 Å². The van der Waals surface area contributed by atoms with Gasteiger partial charge in [-0.05, 0) is 25.3 Å². The molecule has 0 saturated carbocycles. The second kappa shape index (κ2) is 10.2. The maximum atomic E-state index is 13.1. The van der Waals surface area contributed by atoms with Gasteiger partial charge in [0.05, 0.1) is 0 Å². The summed E-state index contributed by atoms with van der Waals surface area (Å²) in [7, 11) is 0. The number of ether oxygens (including phenoxy) is 1. The number of benzene rings is 1. The zero-order chi connectivity index (χ0) is 22.4. The first-order valence-electron chi connectivity index (χ1n) is 10.7. The number of alkyl carbamates (subject to hydrolysis) is 1. The molecule has 1 atom stereocenters. The van der Waals surface area contributed by atoms with E-state index in [1.165, 1.54) is 0 Å². The molecule has 1 N–H and O–H groups in total. The molecule has 2 aromatic rings. The van der Waals surface area contributed by atoms with Gasteiger partial charge in [0.25, 0.3) is 0 Å². The summed E-state index contributed by atoms with van der Waals surface area (Å²) in [5.41, 5.74) is 1.83. The van der Waals surface area contributed by atoms with Crippen LogP contribution in [0, 0.1) is 19.8 Å². The largest absolute Gasteiger partial charge is 0.445 e. The van der Waals surface area contributed by atoms with Gasteiger partial charge in [0, 0.05) is 37.9 Å². The molecule has 1 saturated heterocycles. The lowest BCUT2D eigenvalue weighted by Crippen LogP contribution is -2.56. The molecule has 0 spiro atoms. The van der Waals surface area contributed by atoms with Crippen molar-refractivity contribution < 1.29 is 14.3 Å².